The van der Waals surface area contributed by atoms with Gasteiger partial charge in [0.2, 0.25) is 0 Å². The highest BCUT2D eigenvalue weighted by molar-refractivity contribution is 9.10. The van der Waals surface area contributed by atoms with Crippen molar-refractivity contribution < 1.29 is 0 Å². The minimum Gasteiger partial charge on any atom is -0.380 e. The lowest BCUT2D eigenvalue weighted by Crippen LogP contribution is -1.97. The van der Waals surface area contributed by atoms with Crippen molar-refractivity contribution in [2.75, 3.05) is 5.32 Å². The molecule has 90 valence electrons. The van der Waals surface area contributed by atoms with Gasteiger partial charge in [-0.1, -0.05) is 19.1 Å². The minimum atomic E-state index is 0.893. The molecule has 1 nitrogen and oxygen atoms in total. The molecule has 0 aliphatic heterocycles. The van der Waals surface area contributed by atoms with Crippen LogP contribution < -0.4 is 5.32 Å². The second-order valence-corrected chi connectivity index (χ2v) is 6.22. The third kappa shape index (κ3) is 3.33. The van der Waals surface area contributed by atoms with Crippen LogP contribution in [0.3, 0.4) is 0 Å². The van der Waals surface area contributed by atoms with E-state index in [1.165, 1.54) is 25.5 Å². The summed E-state index contributed by atoms with van der Waals surface area (Å²) in [5.41, 5.74) is 2.57. The largest absolute Gasteiger partial charge is 0.380 e. The van der Waals surface area contributed by atoms with Gasteiger partial charge in [0, 0.05) is 26.5 Å². The number of halogens is 1. The molecule has 0 spiro atoms. The van der Waals surface area contributed by atoms with Gasteiger partial charge in [0.25, 0.3) is 0 Å². The number of nitrogens with one attached hydrogen (secondary N) is 1. The summed E-state index contributed by atoms with van der Waals surface area (Å²) in [7, 11) is 0. The SMILES string of the molecule is CCc1cccc(NCc2cc(Br)c(C)s2)c1. The third-order valence-corrected chi connectivity index (χ3v) is 4.85. The maximum absolute atomic E-state index is 3.55. The van der Waals surface area contributed by atoms with Crippen LogP contribution in [0.2, 0.25) is 0 Å². The molecule has 0 saturated heterocycles. The van der Waals surface area contributed by atoms with Gasteiger partial charge in [-0.05, 0) is 53.0 Å². The van der Waals surface area contributed by atoms with Crippen molar-refractivity contribution in [3.63, 3.8) is 0 Å². The Morgan fingerprint density at radius 3 is 2.76 bits per heavy atom. The van der Waals surface area contributed by atoms with Crippen molar-refractivity contribution in [2.45, 2.75) is 26.8 Å². The number of anilines is 1. The molecule has 0 bridgehead atoms. The first kappa shape index (κ1) is 12.7. The predicted octanol–water partition coefficient (Wildman–Crippen LogP) is 4.99. The monoisotopic (exact) mass is 309 g/mol. The summed E-state index contributed by atoms with van der Waals surface area (Å²) in [4.78, 5) is 2.69. The Balaban J connectivity index is 2.01. The van der Waals surface area contributed by atoms with Gasteiger partial charge in [-0.15, -0.1) is 11.3 Å². The molecule has 17 heavy (non-hydrogen) atoms. The van der Waals surface area contributed by atoms with Gasteiger partial charge in [0.05, 0.1) is 0 Å². The number of aryl methyl sites for hydroxylation is 2. The predicted molar refractivity (Wildman–Crippen MR) is 79.9 cm³/mol. The highest BCUT2D eigenvalue weighted by atomic mass is 79.9. The highest BCUT2D eigenvalue weighted by Gasteiger charge is 2.02. The molecule has 0 saturated carbocycles. The average Bonchev–Trinajstić information content (AvgIpc) is 2.67. The average molecular weight is 310 g/mol. The van der Waals surface area contributed by atoms with Crippen LogP contribution in [0.4, 0.5) is 5.69 Å². The quantitative estimate of drug-likeness (QED) is 0.838. The molecular formula is C14H16BrNS. The number of thiophene rings is 1. The van der Waals surface area contributed by atoms with Crippen molar-refractivity contribution in [1.29, 1.82) is 0 Å². The molecule has 0 amide bonds. The van der Waals surface area contributed by atoms with E-state index < -0.39 is 0 Å². The molecule has 2 aromatic rings. The lowest BCUT2D eigenvalue weighted by molar-refractivity contribution is 1.13. The molecule has 0 aliphatic rings. The molecule has 0 atom stereocenters. The normalized spacial score (nSPS) is 10.5. The van der Waals surface area contributed by atoms with E-state index in [1.54, 1.807) is 0 Å². The van der Waals surface area contributed by atoms with Gasteiger partial charge in [-0.2, -0.15) is 0 Å². The maximum atomic E-state index is 3.55. The Bertz CT molecular complexity index is 485. The lowest BCUT2D eigenvalue weighted by Gasteiger charge is -2.06. The molecule has 1 N–H and O–H groups in total. The molecule has 0 fully saturated rings. The first-order chi connectivity index (χ1) is 8.19. The summed E-state index contributed by atoms with van der Waals surface area (Å²) < 4.78 is 1.21. The van der Waals surface area contributed by atoms with Crippen molar-refractivity contribution in [2.24, 2.45) is 0 Å². The lowest BCUT2D eigenvalue weighted by atomic mass is 10.1. The molecule has 3 heteroatoms. The molecule has 2 rings (SSSR count). The first-order valence-corrected chi connectivity index (χ1v) is 7.37. The third-order valence-electron chi connectivity index (χ3n) is 2.71. The molecule has 0 unspecified atom stereocenters. The fourth-order valence-electron chi connectivity index (χ4n) is 1.70. The van der Waals surface area contributed by atoms with Crippen molar-refractivity contribution in [3.8, 4) is 0 Å². The first-order valence-electron chi connectivity index (χ1n) is 5.76. The van der Waals surface area contributed by atoms with Gasteiger partial charge in [-0.3, -0.25) is 0 Å². The Labute approximate surface area is 115 Å². The molecule has 1 aromatic carbocycles. The Kier molecular flexibility index (Phi) is 4.24. The summed E-state index contributed by atoms with van der Waals surface area (Å²) in [6.07, 6.45) is 1.08. The van der Waals surface area contributed by atoms with Crippen LogP contribution in [0.5, 0.6) is 0 Å². The zero-order valence-corrected chi connectivity index (χ0v) is 12.5. The molecule has 1 aromatic heterocycles. The van der Waals surface area contributed by atoms with Crippen LogP contribution in [0.15, 0.2) is 34.8 Å². The Morgan fingerprint density at radius 1 is 1.29 bits per heavy atom. The smallest absolute Gasteiger partial charge is 0.0494 e. The van der Waals surface area contributed by atoms with E-state index in [-0.39, 0.29) is 0 Å². The number of benzene rings is 1. The van der Waals surface area contributed by atoms with Crippen LogP contribution in [0.25, 0.3) is 0 Å². The second kappa shape index (κ2) is 5.69. The van der Waals surface area contributed by atoms with E-state index in [1.807, 2.05) is 11.3 Å². The minimum absolute atomic E-state index is 0.893. The summed E-state index contributed by atoms with van der Waals surface area (Å²) >= 11 is 5.38. The van der Waals surface area contributed by atoms with Gasteiger partial charge < -0.3 is 5.32 Å². The Morgan fingerprint density at radius 2 is 2.12 bits per heavy atom. The number of hydrogen-bond acceptors (Lipinski definition) is 2. The van der Waals surface area contributed by atoms with Crippen LogP contribution in [-0.4, -0.2) is 0 Å². The van der Waals surface area contributed by atoms with E-state index in [0.29, 0.717) is 0 Å². The van der Waals surface area contributed by atoms with Crippen molar-refractivity contribution in [3.05, 3.63) is 50.1 Å². The van der Waals surface area contributed by atoms with E-state index in [0.717, 1.165) is 13.0 Å². The zero-order chi connectivity index (χ0) is 12.3. The van der Waals surface area contributed by atoms with Crippen molar-refractivity contribution >= 4 is 33.0 Å². The van der Waals surface area contributed by atoms with E-state index >= 15 is 0 Å². The van der Waals surface area contributed by atoms with E-state index in [2.05, 4.69) is 65.4 Å². The second-order valence-electron chi connectivity index (χ2n) is 4.02. The van der Waals surface area contributed by atoms with Crippen molar-refractivity contribution in [1.82, 2.24) is 0 Å². The van der Waals surface area contributed by atoms with Gasteiger partial charge in [0.15, 0.2) is 0 Å². The van der Waals surface area contributed by atoms with Crippen LogP contribution in [0.1, 0.15) is 22.2 Å². The zero-order valence-electron chi connectivity index (χ0n) is 10.1. The maximum Gasteiger partial charge on any atom is 0.0494 e. The number of rotatable bonds is 4. The summed E-state index contributed by atoms with van der Waals surface area (Å²) in [5, 5.41) is 3.47. The van der Waals surface area contributed by atoms with Gasteiger partial charge in [0.1, 0.15) is 0 Å². The summed E-state index contributed by atoms with van der Waals surface area (Å²) in [5.74, 6) is 0. The Hall–Kier alpha value is -0.800. The fourth-order valence-corrected chi connectivity index (χ4v) is 3.24. The van der Waals surface area contributed by atoms with Gasteiger partial charge >= 0.3 is 0 Å². The summed E-state index contributed by atoms with van der Waals surface area (Å²) in [6, 6.07) is 10.8. The summed E-state index contributed by atoms with van der Waals surface area (Å²) in [6.45, 7) is 5.21. The topological polar surface area (TPSA) is 12.0 Å². The van der Waals surface area contributed by atoms with Crippen LogP contribution >= 0.6 is 27.3 Å². The molecule has 1 heterocycles. The molecular weight excluding hydrogens is 294 g/mol. The van der Waals surface area contributed by atoms with Gasteiger partial charge in [-0.25, -0.2) is 0 Å². The standard InChI is InChI=1S/C14H16BrNS/c1-3-11-5-4-6-12(7-11)16-9-13-8-14(15)10(2)17-13/h4-8,16H,3,9H2,1-2H3. The molecule has 0 aliphatic carbocycles. The van der Waals surface area contributed by atoms with Crippen LogP contribution in [-0.2, 0) is 13.0 Å². The molecule has 0 radical (unpaired) electrons. The van der Waals surface area contributed by atoms with E-state index in [9.17, 15) is 0 Å². The van der Waals surface area contributed by atoms with Crippen LogP contribution in [0, 0.1) is 6.92 Å². The van der Waals surface area contributed by atoms with E-state index in [4.69, 9.17) is 0 Å². The number of hydrogen-bond donors (Lipinski definition) is 1. The highest BCUT2D eigenvalue weighted by Crippen LogP contribution is 2.26. The fraction of sp³-hybridized carbons (Fsp3) is 0.286.